The molecule has 21 atom stereocenters. The Bertz CT molecular complexity index is 1550. The van der Waals surface area contributed by atoms with Crippen LogP contribution in [0.15, 0.2) is 0 Å². The molecule has 5 aliphatic heterocycles. The molecule has 0 radical (unpaired) electrons. The van der Waals surface area contributed by atoms with Gasteiger partial charge in [-0.3, -0.25) is 42.5 Å². The summed E-state index contributed by atoms with van der Waals surface area (Å²) in [5.41, 5.74) is 0.462. The minimum absolute atomic E-state index is 0.00738. The zero-order valence-corrected chi connectivity index (χ0v) is 43.4. The third-order valence-electron chi connectivity index (χ3n) is 21.7. The molecule has 0 aromatic rings. The van der Waals surface area contributed by atoms with E-state index in [9.17, 15) is 5.11 Å². The van der Waals surface area contributed by atoms with E-state index in [0.29, 0.717) is 71.8 Å². The van der Waals surface area contributed by atoms with Crippen LogP contribution in [-0.4, -0.2) is 60.5 Å². The van der Waals surface area contributed by atoms with Crippen molar-refractivity contribution in [2.24, 2.45) is 92.7 Å². The van der Waals surface area contributed by atoms with Gasteiger partial charge in [-0.15, -0.1) is 0 Å². The van der Waals surface area contributed by atoms with Crippen molar-refractivity contribution in [3.8, 4) is 0 Å². The van der Waals surface area contributed by atoms with Gasteiger partial charge in [0.1, 0.15) is 0 Å². The maximum atomic E-state index is 13.5. The first-order valence-electron chi connectivity index (χ1n) is 26.9. The molecular formula is C52H96N8O2V. The van der Waals surface area contributed by atoms with E-state index in [1.807, 2.05) is 0 Å². The average molecular weight is 916 g/mol. The summed E-state index contributed by atoms with van der Waals surface area (Å²) in [6.45, 7) is 30.1. The van der Waals surface area contributed by atoms with Crippen molar-refractivity contribution in [2.75, 3.05) is 0 Å². The van der Waals surface area contributed by atoms with Crippen LogP contribution in [0, 0.1) is 92.7 Å². The van der Waals surface area contributed by atoms with Crippen LogP contribution in [0.2, 0.25) is 0 Å². The van der Waals surface area contributed by atoms with Gasteiger partial charge in [-0.05, 0) is 125 Å². The molecule has 9 aliphatic rings. The van der Waals surface area contributed by atoms with Gasteiger partial charge in [-0.25, -0.2) is 0 Å². The van der Waals surface area contributed by atoms with Crippen LogP contribution in [0.1, 0.15) is 179 Å². The Labute approximate surface area is 394 Å². The number of aliphatic hydroxyl groups excluding tert-OH is 1. The molecule has 63 heavy (non-hydrogen) atoms. The number of aliphatic hydroxyl groups is 1. The van der Waals surface area contributed by atoms with Crippen molar-refractivity contribution in [3.05, 3.63) is 0 Å². The van der Waals surface area contributed by atoms with Crippen LogP contribution >= 0.6 is 0 Å². The Morgan fingerprint density at radius 2 is 0.698 bits per heavy atom. The fourth-order valence-corrected chi connectivity index (χ4v) is 17.0. The zero-order chi connectivity index (χ0) is 45.4. The summed E-state index contributed by atoms with van der Waals surface area (Å²) in [5, 5.41) is 48.8. The van der Waals surface area contributed by atoms with Gasteiger partial charge in [-0.2, -0.15) is 0 Å². The summed E-state index contributed by atoms with van der Waals surface area (Å²) in [6.07, 6.45) is 20.4. The average Bonchev–Trinajstić information content (AvgIpc) is 4.02. The van der Waals surface area contributed by atoms with Gasteiger partial charge in [0.05, 0.1) is 55.4 Å². The van der Waals surface area contributed by atoms with E-state index in [4.69, 9.17) is 3.67 Å². The van der Waals surface area contributed by atoms with E-state index in [-0.39, 0.29) is 70.2 Å². The van der Waals surface area contributed by atoms with Crippen molar-refractivity contribution in [1.29, 1.82) is 0 Å². The number of hydrogen-bond donors (Lipinski definition) is 9. The summed E-state index contributed by atoms with van der Waals surface area (Å²) < 4.78 is 8.19. The zero-order valence-electron chi connectivity index (χ0n) is 42.0. The summed E-state index contributed by atoms with van der Waals surface area (Å²) in [6, 6.07) is 0. The molecule has 0 spiro atoms. The molecule has 5 saturated heterocycles. The van der Waals surface area contributed by atoms with Crippen LogP contribution in [-0.2, 0) is 21.0 Å². The van der Waals surface area contributed by atoms with Crippen molar-refractivity contribution >= 4 is 0 Å². The third-order valence-corrected chi connectivity index (χ3v) is 21.7. The van der Waals surface area contributed by atoms with Crippen LogP contribution in [0.25, 0.3) is 0 Å². The van der Waals surface area contributed by atoms with E-state index in [0.717, 1.165) is 36.6 Å². The number of hydrogen-bond acceptors (Lipinski definition) is 10. The van der Waals surface area contributed by atoms with Gasteiger partial charge in [0, 0.05) is 5.92 Å². The normalized spacial score (nSPS) is 47.7. The molecule has 0 aromatic carbocycles. The van der Waals surface area contributed by atoms with Gasteiger partial charge in [0.25, 0.3) is 0 Å². The van der Waals surface area contributed by atoms with E-state index in [1.54, 1.807) is 0 Å². The number of nitrogens with one attached hydrogen (secondary N) is 8. The molecule has 4 aliphatic carbocycles. The predicted molar refractivity (Wildman–Crippen MR) is 251 cm³/mol. The quantitative estimate of drug-likeness (QED) is 0.118. The molecule has 5 heterocycles. The molecule has 9 N–H and O–H groups in total. The maximum absolute atomic E-state index is 13.5. The molecule has 8 bridgehead atoms. The minimum atomic E-state index is -0.403. The fourth-order valence-electron chi connectivity index (χ4n) is 17.0. The number of fused-ring (bicyclic) bond motifs is 20. The molecule has 361 valence electrons. The van der Waals surface area contributed by atoms with Crippen molar-refractivity contribution < 1.29 is 26.1 Å². The SMILES string of the molecule is CCC(C)(C)C1CCCC2C3NC4NC(NC5NC(NC6NC(NC(N3)C21)C1C6C(O)C(C(C)(C)CC)C(C(C)(C)CC)C1C(C)(C)CC)C1CCCCC51)C1CCCCC41.[O]=[V]. The molecule has 9 rings (SSSR count). The third kappa shape index (κ3) is 8.73. The van der Waals surface area contributed by atoms with E-state index in [2.05, 4.69) is 126 Å². The molecule has 11 heteroatoms. The van der Waals surface area contributed by atoms with Crippen LogP contribution in [0.5, 0.6) is 0 Å². The van der Waals surface area contributed by atoms with Crippen molar-refractivity contribution in [1.82, 2.24) is 42.5 Å². The van der Waals surface area contributed by atoms with Crippen molar-refractivity contribution in [3.63, 3.8) is 0 Å². The predicted octanol–water partition coefficient (Wildman–Crippen LogP) is 8.10. The second-order valence-corrected chi connectivity index (χ2v) is 25.7. The van der Waals surface area contributed by atoms with Gasteiger partial charge in [0.15, 0.2) is 0 Å². The first-order valence-corrected chi connectivity index (χ1v) is 27.5. The molecular weight excluding hydrogens is 820 g/mol. The summed E-state index contributed by atoms with van der Waals surface area (Å²) >= 11 is 1.06. The molecule has 21 unspecified atom stereocenters. The van der Waals surface area contributed by atoms with E-state index < -0.39 is 6.10 Å². The van der Waals surface area contributed by atoms with Gasteiger partial charge in [0.2, 0.25) is 0 Å². The Morgan fingerprint density at radius 3 is 1.13 bits per heavy atom. The Hall–Kier alpha value is 0.0244. The second-order valence-electron chi connectivity index (χ2n) is 25.7. The molecule has 10 nitrogen and oxygen atoms in total. The van der Waals surface area contributed by atoms with E-state index >= 15 is 0 Å². The number of rotatable bonds is 8. The van der Waals surface area contributed by atoms with Gasteiger partial charge < -0.3 is 5.11 Å². The first kappa shape index (κ1) is 49.4. The molecule has 9 fully saturated rings. The summed E-state index contributed by atoms with van der Waals surface area (Å²) in [4.78, 5) is 0. The Kier molecular flexibility index (Phi) is 15.0. The molecule has 0 amide bonds. The fraction of sp³-hybridized carbons (Fsp3) is 1.00. The van der Waals surface area contributed by atoms with Crippen LogP contribution in [0.4, 0.5) is 0 Å². The van der Waals surface area contributed by atoms with Crippen LogP contribution < -0.4 is 42.5 Å². The first-order chi connectivity index (χ1) is 30.0. The topological polar surface area (TPSA) is 134 Å². The van der Waals surface area contributed by atoms with E-state index in [1.165, 1.54) is 77.0 Å². The Balaban J connectivity index is 0.00000268. The Morgan fingerprint density at radius 1 is 0.381 bits per heavy atom. The monoisotopic (exact) mass is 916 g/mol. The molecule has 4 saturated carbocycles. The summed E-state index contributed by atoms with van der Waals surface area (Å²) in [7, 11) is 0. The standard InChI is InChI=1S/C52H96N8O.O.V/c1-13-49(5,6)33-27-21-26-32-34(33)46-58-45(32)56-43-29-23-18-17-22-28(29)41(54-43)53-42-30-24-19-20-25-31(30)44(55-42)57-48-36-35(47(59-46)60-48)37(50(7,8)14-2)38(51(9,10)15-3)39(40(36)61)52(11,12)16-4;;/h28-48,53-61H,13-27H2,1-12H3;;. The van der Waals surface area contributed by atoms with Crippen molar-refractivity contribution in [2.45, 2.75) is 235 Å². The summed E-state index contributed by atoms with van der Waals surface area (Å²) in [5.74, 6) is 5.73. The second kappa shape index (κ2) is 19.1. The van der Waals surface area contributed by atoms with Gasteiger partial charge in [-0.1, -0.05) is 141 Å². The molecule has 0 aromatic heterocycles. The van der Waals surface area contributed by atoms with Gasteiger partial charge >= 0.3 is 21.0 Å². The van der Waals surface area contributed by atoms with Crippen LogP contribution in [0.3, 0.4) is 0 Å².